The zero-order chi connectivity index (χ0) is 12.4. The molecule has 1 atom stereocenters. The summed E-state index contributed by atoms with van der Waals surface area (Å²) < 4.78 is 0. The number of halogens is 1. The topological polar surface area (TPSA) is 37.8 Å². The first-order valence-corrected chi connectivity index (χ1v) is 6.77. The second-order valence-electron chi connectivity index (χ2n) is 5.01. The van der Waals surface area contributed by atoms with Gasteiger partial charge in [0.15, 0.2) is 0 Å². The van der Waals surface area contributed by atoms with E-state index < -0.39 is 0 Å². The second-order valence-corrected chi connectivity index (χ2v) is 5.37. The smallest absolute Gasteiger partial charge is 0.137 e. The van der Waals surface area contributed by atoms with E-state index in [4.69, 9.17) is 11.6 Å². The molecule has 1 heterocycles. The summed E-state index contributed by atoms with van der Waals surface area (Å²) in [5.41, 5.74) is 0.958. The van der Waals surface area contributed by atoms with Crippen LogP contribution in [0.25, 0.3) is 0 Å². The van der Waals surface area contributed by atoms with Crippen LogP contribution < -0.4 is 5.32 Å². The van der Waals surface area contributed by atoms with Crippen LogP contribution in [0.4, 0.5) is 5.82 Å². The van der Waals surface area contributed by atoms with Crippen LogP contribution in [0.3, 0.4) is 0 Å². The monoisotopic (exact) mass is 253 g/mol. The van der Waals surface area contributed by atoms with Gasteiger partial charge in [-0.15, -0.1) is 0 Å². The van der Waals surface area contributed by atoms with Crippen molar-refractivity contribution >= 4 is 17.4 Å². The van der Waals surface area contributed by atoms with Gasteiger partial charge in [-0.2, -0.15) is 0 Å². The Hall–Kier alpha value is -0.830. The molecular formula is C13H20ClN3. The number of nitrogens with zero attached hydrogens (tertiary/aromatic N) is 2. The predicted molar refractivity (Wildman–Crippen MR) is 71.7 cm³/mol. The van der Waals surface area contributed by atoms with Gasteiger partial charge >= 0.3 is 0 Å². The van der Waals surface area contributed by atoms with Crippen molar-refractivity contribution < 1.29 is 0 Å². The lowest BCUT2D eigenvalue weighted by Gasteiger charge is -2.14. The molecule has 0 aromatic carbocycles. The standard InChI is InChI=1S/C13H20ClN3/c1-4-8(2)7-15-12-9(3)11(14)16-13(17-12)10-5-6-10/h8,10H,4-7H2,1-3H3,(H,15,16,17). The molecule has 1 unspecified atom stereocenters. The molecule has 1 saturated carbocycles. The first-order chi connectivity index (χ1) is 8.11. The molecule has 1 aromatic heterocycles. The molecule has 1 aliphatic rings. The molecule has 2 rings (SSSR count). The van der Waals surface area contributed by atoms with Crippen LogP contribution in [0.5, 0.6) is 0 Å². The van der Waals surface area contributed by atoms with E-state index in [-0.39, 0.29) is 0 Å². The van der Waals surface area contributed by atoms with Gasteiger partial charge in [0.1, 0.15) is 16.8 Å². The van der Waals surface area contributed by atoms with Gasteiger partial charge in [0.2, 0.25) is 0 Å². The Morgan fingerprint density at radius 2 is 2.12 bits per heavy atom. The van der Waals surface area contributed by atoms with Gasteiger partial charge in [-0.05, 0) is 25.7 Å². The van der Waals surface area contributed by atoms with E-state index in [1.165, 1.54) is 19.3 Å². The third kappa shape index (κ3) is 3.09. The Morgan fingerprint density at radius 3 is 2.71 bits per heavy atom. The van der Waals surface area contributed by atoms with Gasteiger partial charge in [0.25, 0.3) is 0 Å². The van der Waals surface area contributed by atoms with Crippen molar-refractivity contribution in [1.82, 2.24) is 9.97 Å². The van der Waals surface area contributed by atoms with E-state index in [0.29, 0.717) is 17.0 Å². The highest BCUT2D eigenvalue weighted by atomic mass is 35.5. The van der Waals surface area contributed by atoms with Crippen molar-refractivity contribution in [2.45, 2.75) is 46.0 Å². The van der Waals surface area contributed by atoms with Crippen molar-refractivity contribution in [2.24, 2.45) is 5.92 Å². The van der Waals surface area contributed by atoms with E-state index in [9.17, 15) is 0 Å². The second kappa shape index (κ2) is 5.21. The van der Waals surface area contributed by atoms with Crippen molar-refractivity contribution in [3.05, 3.63) is 16.5 Å². The highest BCUT2D eigenvalue weighted by Gasteiger charge is 2.28. The van der Waals surface area contributed by atoms with Crippen LogP contribution in [0.15, 0.2) is 0 Å². The first-order valence-electron chi connectivity index (χ1n) is 6.39. The molecule has 17 heavy (non-hydrogen) atoms. The molecule has 1 N–H and O–H groups in total. The fraction of sp³-hybridized carbons (Fsp3) is 0.692. The van der Waals surface area contributed by atoms with Gasteiger partial charge in [0.05, 0.1) is 0 Å². The third-order valence-electron chi connectivity index (χ3n) is 3.36. The lowest BCUT2D eigenvalue weighted by atomic mass is 10.1. The molecule has 1 aromatic rings. The van der Waals surface area contributed by atoms with Crippen LogP contribution in [0.2, 0.25) is 5.15 Å². The van der Waals surface area contributed by atoms with Crippen molar-refractivity contribution in [3.63, 3.8) is 0 Å². The highest BCUT2D eigenvalue weighted by Crippen LogP contribution is 2.39. The molecule has 3 nitrogen and oxygen atoms in total. The summed E-state index contributed by atoms with van der Waals surface area (Å²) in [4.78, 5) is 8.95. The minimum atomic E-state index is 0.539. The average Bonchev–Trinajstić information content (AvgIpc) is 3.14. The highest BCUT2D eigenvalue weighted by molar-refractivity contribution is 6.30. The summed E-state index contributed by atoms with van der Waals surface area (Å²) >= 11 is 6.15. The lowest BCUT2D eigenvalue weighted by Crippen LogP contribution is -2.13. The van der Waals surface area contributed by atoms with Gasteiger partial charge in [0, 0.05) is 18.0 Å². The summed E-state index contributed by atoms with van der Waals surface area (Å²) in [5.74, 6) is 3.00. The molecule has 94 valence electrons. The van der Waals surface area contributed by atoms with Gasteiger partial charge in [-0.25, -0.2) is 9.97 Å². The number of anilines is 1. The maximum absolute atomic E-state index is 6.15. The van der Waals surface area contributed by atoms with E-state index >= 15 is 0 Å². The molecule has 0 bridgehead atoms. The molecule has 0 spiro atoms. The fourth-order valence-electron chi connectivity index (χ4n) is 1.62. The normalized spacial score (nSPS) is 16.9. The molecule has 0 radical (unpaired) electrons. The van der Waals surface area contributed by atoms with Crippen molar-refractivity contribution in [3.8, 4) is 0 Å². The SMILES string of the molecule is CCC(C)CNc1nc(C2CC2)nc(Cl)c1C. The summed E-state index contributed by atoms with van der Waals surface area (Å²) in [7, 11) is 0. The first kappa shape index (κ1) is 12.6. The lowest BCUT2D eigenvalue weighted by molar-refractivity contribution is 0.592. The molecule has 0 saturated heterocycles. The number of hydrogen-bond donors (Lipinski definition) is 1. The summed E-state index contributed by atoms with van der Waals surface area (Å²) in [6.45, 7) is 7.33. The number of nitrogens with one attached hydrogen (secondary N) is 1. The Balaban J connectivity index is 2.13. The molecule has 0 aliphatic heterocycles. The van der Waals surface area contributed by atoms with Crippen LogP contribution in [-0.2, 0) is 0 Å². The molecular weight excluding hydrogens is 234 g/mol. The van der Waals surface area contributed by atoms with E-state index in [0.717, 1.165) is 23.8 Å². The van der Waals surface area contributed by atoms with Gasteiger partial charge in [-0.3, -0.25) is 0 Å². The zero-order valence-corrected chi connectivity index (χ0v) is 11.5. The average molecular weight is 254 g/mol. The van der Waals surface area contributed by atoms with Crippen molar-refractivity contribution in [2.75, 3.05) is 11.9 Å². The van der Waals surface area contributed by atoms with Crippen LogP contribution >= 0.6 is 11.6 Å². The number of rotatable bonds is 5. The van der Waals surface area contributed by atoms with Gasteiger partial charge in [-0.1, -0.05) is 31.9 Å². The van der Waals surface area contributed by atoms with Gasteiger partial charge < -0.3 is 5.32 Å². The van der Waals surface area contributed by atoms with Crippen molar-refractivity contribution in [1.29, 1.82) is 0 Å². The Bertz CT molecular complexity index is 402. The number of aromatic nitrogens is 2. The quantitative estimate of drug-likeness (QED) is 0.812. The Labute approximate surface area is 108 Å². The fourth-order valence-corrected chi connectivity index (χ4v) is 1.79. The van der Waals surface area contributed by atoms with E-state index in [1.54, 1.807) is 0 Å². The maximum atomic E-state index is 6.15. The minimum absolute atomic E-state index is 0.539. The molecule has 0 amide bonds. The maximum Gasteiger partial charge on any atom is 0.137 e. The molecule has 4 heteroatoms. The predicted octanol–water partition coefficient (Wildman–Crippen LogP) is 3.77. The molecule has 1 fully saturated rings. The van der Waals surface area contributed by atoms with E-state index in [1.807, 2.05) is 6.92 Å². The zero-order valence-electron chi connectivity index (χ0n) is 10.8. The van der Waals surface area contributed by atoms with E-state index in [2.05, 4.69) is 29.1 Å². The van der Waals surface area contributed by atoms with Crippen LogP contribution in [-0.4, -0.2) is 16.5 Å². The Kier molecular flexibility index (Phi) is 3.87. The van der Waals surface area contributed by atoms with Crippen LogP contribution in [0.1, 0.15) is 50.4 Å². The summed E-state index contributed by atoms with van der Waals surface area (Å²) in [6, 6.07) is 0. The van der Waals surface area contributed by atoms with Crippen LogP contribution in [0, 0.1) is 12.8 Å². The third-order valence-corrected chi connectivity index (χ3v) is 3.73. The minimum Gasteiger partial charge on any atom is -0.369 e. The number of hydrogen-bond acceptors (Lipinski definition) is 3. The Morgan fingerprint density at radius 1 is 1.41 bits per heavy atom. The largest absolute Gasteiger partial charge is 0.369 e. The summed E-state index contributed by atoms with van der Waals surface area (Å²) in [6.07, 6.45) is 3.56. The summed E-state index contributed by atoms with van der Waals surface area (Å²) in [5, 5.41) is 3.98. The molecule has 1 aliphatic carbocycles.